The highest BCUT2D eigenvalue weighted by Crippen LogP contribution is 2.30. The number of hydrogen-bond donors (Lipinski definition) is 0. The van der Waals surface area contributed by atoms with Crippen LogP contribution in [0.1, 0.15) is 22.5 Å². The van der Waals surface area contributed by atoms with Crippen molar-refractivity contribution in [3.63, 3.8) is 0 Å². The minimum absolute atomic E-state index is 0.669. The molecule has 1 heterocycles. The predicted molar refractivity (Wildman–Crippen MR) is 71.5 cm³/mol. The fourth-order valence-electron chi connectivity index (χ4n) is 1.71. The third-order valence-corrected chi connectivity index (χ3v) is 3.60. The lowest BCUT2D eigenvalue weighted by Gasteiger charge is -2.07. The van der Waals surface area contributed by atoms with Gasteiger partial charge in [0, 0.05) is 16.3 Å². The molecule has 1 aromatic heterocycles. The molecule has 0 spiro atoms. The van der Waals surface area contributed by atoms with Crippen molar-refractivity contribution in [3.05, 3.63) is 46.8 Å². The van der Waals surface area contributed by atoms with Crippen LogP contribution in [-0.2, 0) is 0 Å². The maximum atomic E-state index is 9.13. The molecule has 0 aliphatic carbocycles. The highest BCUT2D eigenvalue weighted by atomic mass is 32.2. The van der Waals surface area contributed by atoms with Crippen molar-refractivity contribution in [1.29, 1.82) is 5.26 Å². The Kier molecular flexibility index (Phi) is 3.63. The minimum Gasteiger partial charge on any atom is -0.228 e. The summed E-state index contributed by atoms with van der Waals surface area (Å²) in [6, 6.07) is 9.85. The molecule has 0 N–H and O–H groups in total. The first-order valence-electron chi connectivity index (χ1n) is 5.60. The van der Waals surface area contributed by atoms with Gasteiger partial charge in [0.15, 0.2) is 5.16 Å². The molecule has 0 bridgehead atoms. The van der Waals surface area contributed by atoms with Crippen molar-refractivity contribution in [1.82, 2.24) is 9.97 Å². The highest BCUT2D eigenvalue weighted by Gasteiger charge is 2.09. The van der Waals surface area contributed by atoms with Gasteiger partial charge in [0.05, 0.1) is 5.56 Å². The Morgan fingerprint density at radius 2 is 1.78 bits per heavy atom. The van der Waals surface area contributed by atoms with Crippen LogP contribution in [0.4, 0.5) is 0 Å². The molecule has 0 aliphatic rings. The number of hydrogen-bond acceptors (Lipinski definition) is 4. The van der Waals surface area contributed by atoms with Crippen LogP contribution in [0.5, 0.6) is 0 Å². The van der Waals surface area contributed by atoms with Crippen LogP contribution < -0.4 is 0 Å². The van der Waals surface area contributed by atoms with E-state index in [2.05, 4.69) is 16.0 Å². The van der Waals surface area contributed by atoms with E-state index in [0.717, 1.165) is 21.8 Å². The topological polar surface area (TPSA) is 49.6 Å². The van der Waals surface area contributed by atoms with Crippen molar-refractivity contribution in [2.45, 2.75) is 30.8 Å². The lowest BCUT2D eigenvalue weighted by atomic mass is 10.1. The van der Waals surface area contributed by atoms with E-state index in [9.17, 15) is 0 Å². The van der Waals surface area contributed by atoms with Crippen LogP contribution >= 0.6 is 11.8 Å². The monoisotopic (exact) mass is 255 g/mol. The van der Waals surface area contributed by atoms with Crippen LogP contribution in [-0.4, -0.2) is 9.97 Å². The van der Waals surface area contributed by atoms with Crippen LogP contribution in [0.3, 0.4) is 0 Å². The van der Waals surface area contributed by atoms with E-state index in [0.29, 0.717) is 10.7 Å². The number of benzene rings is 1. The smallest absolute Gasteiger partial charge is 0.192 e. The molecule has 0 amide bonds. The zero-order chi connectivity index (χ0) is 13.1. The van der Waals surface area contributed by atoms with E-state index in [1.807, 2.05) is 45.0 Å². The number of aromatic nitrogens is 2. The largest absolute Gasteiger partial charge is 0.228 e. The molecule has 4 heteroatoms. The van der Waals surface area contributed by atoms with Crippen LogP contribution in [0.15, 0.2) is 34.3 Å². The lowest BCUT2D eigenvalue weighted by molar-refractivity contribution is 0.901. The fourth-order valence-corrected chi connectivity index (χ4v) is 2.72. The second kappa shape index (κ2) is 5.19. The summed E-state index contributed by atoms with van der Waals surface area (Å²) < 4.78 is 0. The Bertz CT molecular complexity index is 609. The quantitative estimate of drug-likeness (QED) is 0.771. The zero-order valence-electron chi connectivity index (χ0n) is 10.6. The molecular weight excluding hydrogens is 242 g/mol. The summed E-state index contributed by atoms with van der Waals surface area (Å²) in [4.78, 5) is 9.71. The van der Waals surface area contributed by atoms with E-state index in [4.69, 9.17) is 5.26 Å². The van der Waals surface area contributed by atoms with Gasteiger partial charge in [-0.25, -0.2) is 9.97 Å². The summed E-state index contributed by atoms with van der Waals surface area (Å²) in [6.07, 6.45) is 0. The third-order valence-electron chi connectivity index (χ3n) is 2.49. The second-order valence-electron chi connectivity index (χ2n) is 4.10. The van der Waals surface area contributed by atoms with E-state index in [1.54, 1.807) is 0 Å². The average molecular weight is 255 g/mol. The van der Waals surface area contributed by atoms with Gasteiger partial charge >= 0.3 is 0 Å². The van der Waals surface area contributed by atoms with Crippen LogP contribution in [0.25, 0.3) is 0 Å². The van der Waals surface area contributed by atoms with Gasteiger partial charge in [0.25, 0.3) is 0 Å². The first-order valence-corrected chi connectivity index (χ1v) is 6.41. The van der Waals surface area contributed by atoms with Crippen molar-refractivity contribution >= 4 is 11.8 Å². The summed E-state index contributed by atoms with van der Waals surface area (Å²) in [5, 5.41) is 9.82. The summed E-state index contributed by atoms with van der Waals surface area (Å²) in [5.41, 5.74) is 3.62. The normalized spacial score (nSPS) is 10.1. The molecule has 18 heavy (non-hydrogen) atoms. The summed E-state index contributed by atoms with van der Waals surface area (Å²) in [7, 11) is 0. The van der Waals surface area contributed by atoms with Crippen LogP contribution in [0.2, 0.25) is 0 Å². The average Bonchev–Trinajstić information content (AvgIpc) is 2.30. The predicted octanol–water partition coefficient (Wildman–Crippen LogP) is 3.42. The van der Waals surface area contributed by atoms with E-state index in [1.165, 1.54) is 11.8 Å². The number of nitrogens with zero attached hydrogens (tertiary/aromatic N) is 3. The van der Waals surface area contributed by atoms with Gasteiger partial charge in [-0.05, 0) is 50.2 Å². The summed E-state index contributed by atoms with van der Waals surface area (Å²) in [5.74, 6) is 0. The Morgan fingerprint density at radius 3 is 2.39 bits per heavy atom. The molecule has 0 aliphatic heterocycles. The minimum atomic E-state index is 0.669. The van der Waals surface area contributed by atoms with Crippen molar-refractivity contribution in [3.8, 4) is 6.07 Å². The first kappa shape index (κ1) is 12.6. The molecule has 2 aromatic rings. The SMILES string of the molecule is Cc1cc(C)nc(Sc2c(C)cccc2C#N)n1. The molecule has 0 fully saturated rings. The number of aryl methyl sites for hydroxylation is 3. The first-order chi connectivity index (χ1) is 8.60. The second-order valence-corrected chi connectivity index (χ2v) is 5.08. The Hall–Kier alpha value is -1.86. The maximum Gasteiger partial charge on any atom is 0.192 e. The zero-order valence-corrected chi connectivity index (χ0v) is 11.4. The number of nitriles is 1. The molecule has 0 radical (unpaired) electrons. The molecule has 90 valence electrons. The highest BCUT2D eigenvalue weighted by molar-refractivity contribution is 7.99. The van der Waals surface area contributed by atoms with Gasteiger partial charge in [-0.3, -0.25) is 0 Å². The molecule has 0 atom stereocenters. The van der Waals surface area contributed by atoms with Crippen molar-refractivity contribution in [2.75, 3.05) is 0 Å². The number of rotatable bonds is 2. The third kappa shape index (κ3) is 2.69. The Labute approximate surface area is 111 Å². The molecular formula is C14H13N3S. The molecule has 0 saturated heterocycles. The lowest BCUT2D eigenvalue weighted by Crippen LogP contribution is -1.94. The molecule has 0 saturated carbocycles. The van der Waals surface area contributed by atoms with Gasteiger partial charge in [0.1, 0.15) is 6.07 Å². The van der Waals surface area contributed by atoms with Crippen molar-refractivity contribution in [2.24, 2.45) is 0 Å². The van der Waals surface area contributed by atoms with E-state index >= 15 is 0 Å². The standard InChI is InChI=1S/C14H13N3S/c1-9-5-4-6-12(8-15)13(9)18-14-16-10(2)7-11(3)17-14/h4-7H,1-3H3. The molecule has 2 rings (SSSR count). The van der Waals surface area contributed by atoms with Gasteiger partial charge in [0.2, 0.25) is 0 Å². The van der Waals surface area contributed by atoms with Gasteiger partial charge in [-0.2, -0.15) is 5.26 Å². The molecule has 1 aromatic carbocycles. The maximum absolute atomic E-state index is 9.13. The van der Waals surface area contributed by atoms with Crippen molar-refractivity contribution < 1.29 is 0 Å². The summed E-state index contributed by atoms with van der Waals surface area (Å²) >= 11 is 1.45. The van der Waals surface area contributed by atoms with Gasteiger partial charge in [-0.1, -0.05) is 12.1 Å². The van der Waals surface area contributed by atoms with E-state index < -0.39 is 0 Å². The molecule has 0 unspecified atom stereocenters. The fraction of sp³-hybridized carbons (Fsp3) is 0.214. The van der Waals surface area contributed by atoms with Crippen LogP contribution in [0, 0.1) is 32.1 Å². The summed E-state index contributed by atoms with van der Waals surface area (Å²) in [6.45, 7) is 5.88. The van der Waals surface area contributed by atoms with Gasteiger partial charge < -0.3 is 0 Å². The van der Waals surface area contributed by atoms with E-state index in [-0.39, 0.29) is 0 Å². The van der Waals surface area contributed by atoms with Gasteiger partial charge in [-0.15, -0.1) is 0 Å². The Morgan fingerprint density at radius 1 is 1.11 bits per heavy atom. The molecule has 3 nitrogen and oxygen atoms in total. The Balaban J connectivity index is 2.43.